The van der Waals surface area contributed by atoms with Gasteiger partial charge in [-0.3, -0.25) is 4.79 Å². The molecule has 1 atom stereocenters. The molecule has 1 amide bonds. The monoisotopic (exact) mass is 429 g/mol. The molecule has 0 aliphatic carbocycles. The topological polar surface area (TPSA) is 46.1 Å². The molecular weight excluding hydrogens is 409 g/mol. The number of thioether (sulfide) groups is 1. The molecule has 1 aromatic heterocycles. The summed E-state index contributed by atoms with van der Waals surface area (Å²) in [5, 5.41) is 11.2. The third-order valence-electron chi connectivity index (χ3n) is 5.56. The molecule has 6 heteroatoms. The highest BCUT2D eigenvalue weighted by Gasteiger charge is 2.29. The number of para-hydroxylation sites is 1. The van der Waals surface area contributed by atoms with Gasteiger partial charge in [0.15, 0.2) is 0 Å². The largest absolute Gasteiger partial charge is 0.311 e. The van der Waals surface area contributed by atoms with Gasteiger partial charge >= 0.3 is 0 Å². The number of fused-ring (bicyclic) bond motifs is 2. The number of carbonyl (C=O) groups excluding carboxylic acids is 1. The lowest BCUT2D eigenvalue weighted by Gasteiger charge is -2.21. The van der Waals surface area contributed by atoms with Crippen LogP contribution in [0.2, 0.25) is 0 Å². The van der Waals surface area contributed by atoms with Crippen molar-refractivity contribution in [3.63, 3.8) is 0 Å². The highest BCUT2D eigenvalue weighted by atomic mass is 32.2. The molecular formula is C25H20FN3OS. The molecule has 3 aromatic carbocycles. The fourth-order valence-corrected chi connectivity index (χ4v) is 4.95. The van der Waals surface area contributed by atoms with E-state index in [1.807, 2.05) is 54.3 Å². The van der Waals surface area contributed by atoms with Gasteiger partial charge in [0.1, 0.15) is 16.5 Å². The van der Waals surface area contributed by atoms with E-state index in [0.717, 1.165) is 33.5 Å². The van der Waals surface area contributed by atoms with Gasteiger partial charge in [-0.25, -0.2) is 4.39 Å². The summed E-state index contributed by atoms with van der Waals surface area (Å²) in [5.41, 5.74) is 3.72. The molecule has 0 saturated heterocycles. The van der Waals surface area contributed by atoms with E-state index >= 15 is 0 Å². The zero-order valence-corrected chi connectivity index (χ0v) is 17.8. The molecule has 0 bridgehead atoms. The molecule has 0 saturated carbocycles. The number of benzene rings is 3. The molecule has 0 N–H and O–H groups in total. The molecule has 4 nitrogen and oxygen atoms in total. The zero-order valence-electron chi connectivity index (χ0n) is 17.0. The Morgan fingerprint density at radius 3 is 2.48 bits per heavy atom. The first kappa shape index (κ1) is 19.7. The number of anilines is 1. The molecule has 0 radical (unpaired) electrons. The van der Waals surface area contributed by atoms with Crippen LogP contribution in [-0.2, 0) is 11.2 Å². The van der Waals surface area contributed by atoms with Crippen molar-refractivity contribution < 1.29 is 9.18 Å². The lowest BCUT2D eigenvalue weighted by molar-refractivity contribution is -0.117. The van der Waals surface area contributed by atoms with Crippen molar-refractivity contribution in [3.8, 4) is 11.3 Å². The van der Waals surface area contributed by atoms with Gasteiger partial charge in [-0.1, -0.05) is 54.2 Å². The maximum atomic E-state index is 13.3. The number of amides is 1. The maximum absolute atomic E-state index is 13.3. The fraction of sp³-hybridized carbons (Fsp3) is 0.160. The van der Waals surface area contributed by atoms with E-state index in [1.165, 1.54) is 29.5 Å². The number of aromatic nitrogens is 2. The number of rotatable bonds is 4. The molecule has 0 unspecified atom stereocenters. The number of nitrogens with zero attached hydrogens (tertiary/aromatic N) is 3. The van der Waals surface area contributed by atoms with Crippen molar-refractivity contribution >= 4 is 34.1 Å². The van der Waals surface area contributed by atoms with Crippen molar-refractivity contribution in [2.75, 3.05) is 11.4 Å². The number of hydrogen-bond acceptors (Lipinski definition) is 4. The average molecular weight is 430 g/mol. The summed E-state index contributed by atoms with van der Waals surface area (Å²) in [6.07, 6.45) is 0.883. The van der Waals surface area contributed by atoms with Crippen LogP contribution in [0, 0.1) is 5.82 Å². The molecule has 4 aromatic rings. The Bertz CT molecular complexity index is 1280. The first-order chi connectivity index (χ1) is 15.1. The van der Waals surface area contributed by atoms with Crippen LogP contribution in [0.4, 0.5) is 10.1 Å². The summed E-state index contributed by atoms with van der Waals surface area (Å²) in [7, 11) is 0. The lowest BCUT2D eigenvalue weighted by atomic mass is 10.1. The van der Waals surface area contributed by atoms with Crippen LogP contribution in [0.5, 0.6) is 0 Å². The van der Waals surface area contributed by atoms with E-state index in [1.54, 1.807) is 12.1 Å². The van der Waals surface area contributed by atoms with Crippen LogP contribution in [0.25, 0.3) is 22.0 Å². The SMILES string of the molecule is C[C@@H](Sc1nnc(-c2ccc(F)cc2)c2ccccc12)C(=O)N1CCc2ccccc21. The normalized spacial score (nSPS) is 13.9. The van der Waals surface area contributed by atoms with E-state index in [0.29, 0.717) is 12.2 Å². The molecule has 5 rings (SSSR count). The zero-order chi connectivity index (χ0) is 21.4. The van der Waals surface area contributed by atoms with E-state index in [2.05, 4.69) is 16.3 Å². The Morgan fingerprint density at radius 2 is 1.68 bits per heavy atom. The summed E-state index contributed by atoms with van der Waals surface area (Å²) in [6, 6.07) is 22.2. The summed E-state index contributed by atoms with van der Waals surface area (Å²) in [4.78, 5) is 15.1. The predicted octanol–water partition coefficient (Wildman–Crippen LogP) is 5.51. The quantitative estimate of drug-likeness (QED) is 0.402. The molecule has 0 spiro atoms. The first-order valence-corrected chi connectivity index (χ1v) is 11.1. The minimum absolute atomic E-state index is 0.0726. The Kier molecular flexibility index (Phi) is 5.16. The predicted molar refractivity (Wildman–Crippen MR) is 123 cm³/mol. The van der Waals surface area contributed by atoms with Crippen LogP contribution in [0.15, 0.2) is 77.8 Å². The third-order valence-corrected chi connectivity index (χ3v) is 6.64. The summed E-state index contributed by atoms with van der Waals surface area (Å²) < 4.78 is 13.3. The Morgan fingerprint density at radius 1 is 0.968 bits per heavy atom. The van der Waals surface area contributed by atoms with Gasteiger partial charge in [0, 0.05) is 28.6 Å². The van der Waals surface area contributed by atoms with E-state index < -0.39 is 0 Å². The molecule has 0 fully saturated rings. The fourth-order valence-electron chi connectivity index (χ4n) is 3.99. The van der Waals surface area contributed by atoms with Crippen LogP contribution < -0.4 is 4.90 Å². The second-order valence-corrected chi connectivity index (χ2v) is 8.86. The van der Waals surface area contributed by atoms with Crippen molar-refractivity contribution in [2.24, 2.45) is 0 Å². The van der Waals surface area contributed by atoms with Crippen LogP contribution in [-0.4, -0.2) is 27.9 Å². The summed E-state index contributed by atoms with van der Waals surface area (Å²) in [6.45, 7) is 2.62. The smallest absolute Gasteiger partial charge is 0.240 e. The first-order valence-electron chi connectivity index (χ1n) is 10.2. The molecule has 2 heterocycles. The van der Waals surface area contributed by atoms with Gasteiger partial charge in [-0.05, 0) is 49.2 Å². The molecule has 31 heavy (non-hydrogen) atoms. The van der Waals surface area contributed by atoms with Crippen LogP contribution >= 0.6 is 11.8 Å². The number of carbonyl (C=O) groups is 1. The maximum Gasteiger partial charge on any atom is 0.240 e. The van der Waals surface area contributed by atoms with Crippen LogP contribution in [0.3, 0.4) is 0 Å². The molecule has 1 aliphatic rings. The highest BCUT2D eigenvalue weighted by molar-refractivity contribution is 8.00. The second-order valence-electron chi connectivity index (χ2n) is 7.53. The lowest BCUT2D eigenvalue weighted by Crippen LogP contribution is -2.35. The van der Waals surface area contributed by atoms with Gasteiger partial charge in [-0.15, -0.1) is 10.2 Å². The van der Waals surface area contributed by atoms with Gasteiger partial charge in [0.25, 0.3) is 0 Å². The Labute approximate surface area is 184 Å². The van der Waals surface area contributed by atoms with Crippen molar-refractivity contribution in [3.05, 3.63) is 84.2 Å². The average Bonchev–Trinajstić information content (AvgIpc) is 3.23. The minimum atomic E-state index is -0.305. The Hall–Kier alpha value is -3.25. The van der Waals surface area contributed by atoms with E-state index in [-0.39, 0.29) is 17.0 Å². The highest BCUT2D eigenvalue weighted by Crippen LogP contribution is 2.35. The molecule has 1 aliphatic heterocycles. The second kappa shape index (κ2) is 8.12. The summed E-state index contributed by atoms with van der Waals surface area (Å²) in [5.74, 6) is -0.215. The van der Waals surface area contributed by atoms with Crippen molar-refractivity contribution in [1.29, 1.82) is 0 Å². The van der Waals surface area contributed by atoms with Gasteiger partial charge in [0.05, 0.1) is 5.25 Å². The van der Waals surface area contributed by atoms with Gasteiger partial charge in [0.2, 0.25) is 5.91 Å². The van der Waals surface area contributed by atoms with Gasteiger partial charge < -0.3 is 4.90 Å². The van der Waals surface area contributed by atoms with Crippen molar-refractivity contribution in [2.45, 2.75) is 23.6 Å². The number of halogens is 1. The van der Waals surface area contributed by atoms with Gasteiger partial charge in [-0.2, -0.15) is 0 Å². The van der Waals surface area contributed by atoms with E-state index in [9.17, 15) is 9.18 Å². The summed E-state index contributed by atoms with van der Waals surface area (Å²) >= 11 is 1.42. The van der Waals surface area contributed by atoms with Crippen LogP contribution in [0.1, 0.15) is 12.5 Å². The number of hydrogen-bond donors (Lipinski definition) is 0. The Balaban J connectivity index is 1.45. The standard InChI is InChI=1S/C25H20FN3OS/c1-16(25(30)29-15-14-17-6-2-5-9-22(17)29)31-24-21-8-4-3-7-20(21)23(27-28-24)18-10-12-19(26)13-11-18/h2-13,16H,14-15H2,1H3/t16-/m1/s1. The van der Waals surface area contributed by atoms with Crippen molar-refractivity contribution in [1.82, 2.24) is 10.2 Å². The molecule has 154 valence electrons. The van der Waals surface area contributed by atoms with E-state index in [4.69, 9.17) is 0 Å². The minimum Gasteiger partial charge on any atom is -0.311 e. The third kappa shape index (κ3) is 3.68.